The van der Waals surface area contributed by atoms with Crippen molar-refractivity contribution in [2.45, 2.75) is 57.8 Å². The van der Waals surface area contributed by atoms with Crippen LogP contribution >= 0.6 is 11.8 Å². The van der Waals surface area contributed by atoms with Crippen LogP contribution in [0.2, 0.25) is 0 Å². The third-order valence-corrected chi connectivity index (χ3v) is 4.51. The number of nitrogens with zero attached hydrogens (tertiary/aromatic N) is 2. The predicted octanol–water partition coefficient (Wildman–Crippen LogP) is 2.02. The number of aromatic amines is 1. The average Bonchev–Trinajstić information content (AvgIpc) is 3.08. The van der Waals surface area contributed by atoms with Gasteiger partial charge in [0.25, 0.3) is 0 Å². The summed E-state index contributed by atoms with van der Waals surface area (Å²) in [4.78, 5) is 11.7. The lowest BCUT2D eigenvalue weighted by atomic mass is 9.88. The second-order valence-corrected chi connectivity index (χ2v) is 7.19. The lowest BCUT2D eigenvalue weighted by Crippen LogP contribution is -2.42. The normalized spacial score (nSPS) is 17.7. The third-order valence-electron chi connectivity index (χ3n) is 3.46. The minimum Gasteiger partial charge on any atom is -0.313 e. The molecule has 1 heterocycles. The van der Waals surface area contributed by atoms with Gasteiger partial charge < -0.3 is 5.32 Å². The number of nitrogens with one attached hydrogen (secondary N) is 2. The van der Waals surface area contributed by atoms with Gasteiger partial charge in [-0.1, -0.05) is 39.5 Å². The van der Waals surface area contributed by atoms with E-state index in [1.807, 2.05) is 4.57 Å². The van der Waals surface area contributed by atoms with E-state index in [1.54, 1.807) is 11.8 Å². The zero-order valence-corrected chi connectivity index (χ0v) is 13.0. The van der Waals surface area contributed by atoms with Crippen LogP contribution in [-0.4, -0.2) is 33.1 Å². The molecule has 6 heteroatoms. The average molecular weight is 284 g/mol. The van der Waals surface area contributed by atoms with Crippen molar-refractivity contribution in [1.82, 2.24) is 20.1 Å². The van der Waals surface area contributed by atoms with Crippen LogP contribution in [0, 0.1) is 5.41 Å². The molecule has 0 radical (unpaired) electrons. The zero-order valence-electron chi connectivity index (χ0n) is 12.2. The maximum atomic E-state index is 11.7. The van der Waals surface area contributed by atoms with E-state index in [4.69, 9.17) is 0 Å². The lowest BCUT2D eigenvalue weighted by Gasteiger charge is -2.31. The predicted molar refractivity (Wildman–Crippen MR) is 78.8 cm³/mol. The van der Waals surface area contributed by atoms with Crippen molar-refractivity contribution in [3.63, 3.8) is 0 Å². The molecule has 1 saturated carbocycles. The van der Waals surface area contributed by atoms with Gasteiger partial charge in [-0.05, 0) is 24.8 Å². The number of H-pyrrole nitrogens is 1. The Balaban J connectivity index is 2.03. The summed E-state index contributed by atoms with van der Waals surface area (Å²) in [6, 6.07) is 0.780. The van der Waals surface area contributed by atoms with Crippen LogP contribution in [0.15, 0.2) is 9.95 Å². The smallest absolute Gasteiger partial charge is 0.313 e. The molecule has 0 spiro atoms. The first-order valence-electron chi connectivity index (χ1n) is 6.96. The van der Waals surface area contributed by atoms with Crippen LogP contribution in [0.5, 0.6) is 0 Å². The second kappa shape index (κ2) is 5.71. The molecule has 1 unspecified atom stereocenters. The summed E-state index contributed by atoms with van der Waals surface area (Å²) in [5, 5.41) is 11.1. The van der Waals surface area contributed by atoms with E-state index in [0.29, 0.717) is 12.1 Å². The second-order valence-electron chi connectivity index (χ2n) is 6.20. The highest BCUT2D eigenvalue weighted by atomic mass is 32.2. The monoisotopic (exact) mass is 284 g/mol. The van der Waals surface area contributed by atoms with E-state index in [0.717, 1.165) is 30.3 Å². The Kier molecular flexibility index (Phi) is 4.40. The Bertz CT molecular complexity index is 470. The first-order valence-corrected chi connectivity index (χ1v) is 7.95. The Hall–Kier alpha value is -0.750. The van der Waals surface area contributed by atoms with Gasteiger partial charge in [-0.25, -0.2) is 9.89 Å². The summed E-state index contributed by atoms with van der Waals surface area (Å²) in [6.07, 6.45) is 2.20. The van der Waals surface area contributed by atoms with E-state index < -0.39 is 0 Å². The minimum absolute atomic E-state index is 0.0687. The fourth-order valence-electron chi connectivity index (χ4n) is 2.07. The van der Waals surface area contributed by atoms with Crippen molar-refractivity contribution in [3.05, 3.63) is 10.5 Å². The van der Waals surface area contributed by atoms with Crippen LogP contribution in [0.25, 0.3) is 0 Å². The van der Waals surface area contributed by atoms with Gasteiger partial charge in [0, 0.05) is 17.8 Å². The van der Waals surface area contributed by atoms with Gasteiger partial charge in [-0.15, -0.1) is 5.10 Å². The highest BCUT2D eigenvalue weighted by molar-refractivity contribution is 7.99. The van der Waals surface area contributed by atoms with Gasteiger partial charge in [0.15, 0.2) is 5.16 Å². The van der Waals surface area contributed by atoms with Crippen LogP contribution in [-0.2, 0) is 0 Å². The molecule has 19 heavy (non-hydrogen) atoms. The first-order chi connectivity index (χ1) is 8.93. The Morgan fingerprint density at radius 3 is 2.74 bits per heavy atom. The minimum atomic E-state index is -0.0687. The van der Waals surface area contributed by atoms with E-state index in [1.165, 1.54) is 0 Å². The number of aromatic nitrogens is 3. The molecule has 1 aliphatic rings. The van der Waals surface area contributed by atoms with E-state index in [2.05, 4.69) is 43.2 Å². The van der Waals surface area contributed by atoms with Crippen molar-refractivity contribution < 1.29 is 0 Å². The van der Waals surface area contributed by atoms with Crippen molar-refractivity contribution in [1.29, 1.82) is 0 Å². The summed E-state index contributed by atoms with van der Waals surface area (Å²) in [5.74, 6) is 0.925. The maximum Gasteiger partial charge on any atom is 0.344 e. The maximum absolute atomic E-state index is 11.7. The van der Waals surface area contributed by atoms with E-state index >= 15 is 0 Å². The van der Waals surface area contributed by atoms with Crippen molar-refractivity contribution >= 4 is 11.8 Å². The number of hydrogen-bond donors (Lipinski definition) is 2. The highest BCUT2D eigenvalue weighted by Gasteiger charge is 2.30. The standard InChI is InChI=1S/C13H24N4OS/c1-5-14-10(13(2,3)4)8-19-12-16-15-11(18)17(12)9-6-7-9/h9-10,14H,5-8H2,1-4H3,(H,15,18). The molecule has 108 valence electrons. The molecule has 1 aromatic rings. The first kappa shape index (κ1) is 14.7. The van der Waals surface area contributed by atoms with Gasteiger partial charge in [0.2, 0.25) is 0 Å². The molecule has 0 aliphatic heterocycles. The third kappa shape index (κ3) is 3.63. The quantitative estimate of drug-likeness (QED) is 0.785. The fraction of sp³-hybridized carbons (Fsp3) is 0.846. The molecule has 1 aliphatic carbocycles. The van der Waals surface area contributed by atoms with Crippen LogP contribution in [0.3, 0.4) is 0 Å². The van der Waals surface area contributed by atoms with Crippen molar-refractivity contribution in [2.75, 3.05) is 12.3 Å². The molecular weight excluding hydrogens is 260 g/mol. The largest absolute Gasteiger partial charge is 0.344 e. The van der Waals surface area contributed by atoms with Gasteiger partial charge in [0.05, 0.1) is 0 Å². The molecule has 0 saturated heterocycles. The summed E-state index contributed by atoms with van der Waals surface area (Å²) >= 11 is 1.67. The molecule has 0 amide bonds. The number of rotatable bonds is 6. The number of hydrogen-bond acceptors (Lipinski definition) is 4. The summed E-state index contributed by atoms with van der Waals surface area (Å²) in [7, 11) is 0. The highest BCUT2D eigenvalue weighted by Crippen LogP contribution is 2.36. The summed E-state index contributed by atoms with van der Waals surface area (Å²) in [5.41, 5.74) is 0.130. The van der Waals surface area contributed by atoms with Gasteiger partial charge >= 0.3 is 5.69 Å². The van der Waals surface area contributed by atoms with Crippen LogP contribution < -0.4 is 11.0 Å². The van der Waals surface area contributed by atoms with Crippen molar-refractivity contribution in [2.24, 2.45) is 5.41 Å². The van der Waals surface area contributed by atoms with Crippen LogP contribution in [0.1, 0.15) is 46.6 Å². The zero-order chi connectivity index (χ0) is 14.0. The van der Waals surface area contributed by atoms with Gasteiger partial charge in [0.1, 0.15) is 0 Å². The molecule has 1 aromatic heterocycles. The molecule has 0 bridgehead atoms. The lowest BCUT2D eigenvalue weighted by molar-refractivity contribution is 0.295. The molecule has 0 aromatic carbocycles. The SMILES string of the molecule is CCNC(CSc1n[nH]c(=O)n1C1CC1)C(C)(C)C. The molecule has 1 fully saturated rings. The Morgan fingerprint density at radius 2 is 2.21 bits per heavy atom. The van der Waals surface area contributed by atoms with Crippen molar-refractivity contribution in [3.8, 4) is 0 Å². The topological polar surface area (TPSA) is 62.7 Å². The van der Waals surface area contributed by atoms with E-state index in [9.17, 15) is 4.79 Å². The summed E-state index contributed by atoms with van der Waals surface area (Å²) in [6.45, 7) is 9.79. The Morgan fingerprint density at radius 1 is 1.53 bits per heavy atom. The molecule has 2 rings (SSSR count). The van der Waals surface area contributed by atoms with E-state index in [-0.39, 0.29) is 11.1 Å². The fourth-order valence-corrected chi connectivity index (χ4v) is 3.48. The molecule has 1 atom stereocenters. The molecule has 5 nitrogen and oxygen atoms in total. The van der Waals surface area contributed by atoms with Gasteiger partial charge in [-0.3, -0.25) is 4.57 Å². The molecule has 2 N–H and O–H groups in total. The molecular formula is C13H24N4OS. The Labute approximate surface area is 118 Å². The van der Waals surface area contributed by atoms with Crippen LogP contribution in [0.4, 0.5) is 0 Å². The van der Waals surface area contributed by atoms with Gasteiger partial charge in [-0.2, -0.15) is 0 Å². The number of thioether (sulfide) groups is 1. The summed E-state index contributed by atoms with van der Waals surface area (Å²) < 4.78 is 1.82.